The molecule has 0 fully saturated rings. The van der Waals surface area contributed by atoms with E-state index < -0.39 is 5.41 Å². The molecule has 0 atom stereocenters. The number of nitrogens with zero attached hydrogens (tertiary/aromatic N) is 3. The highest BCUT2D eigenvalue weighted by atomic mass is 32.1. The van der Waals surface area contributed by atoms with E-state index in [1.54, 1.807) is 0 Å². The molecule has 3 nitrogen and oxygen atoms in total. The van der Waals surface area contributed by atoms with E-state index >= 15 is 0 Å². The molecule has 3 aliphatic carbocycles. The molecule has 0 radical (unpaired) electrons. The molecule has 2 heterocycles. The van der Waals surface area contributed by atoms with Crippen molar-refractivity contribution in [3.8, 4) is 78.0 Å². The van der Waals surface area contributed by atoms with Gasteiger partial charge in [0.1, 0.15) is 0 Å². The van der Waals surface area contributed by atoms with Crippen molar-refractivity contribution in [2.45, 2.75) is 24.7 Å². The second-order valence-electron chi connectivity index (χ2n) is 17.1. The molecule has 0 bridgehead atoms. The maximum absolute atomic E-state index is 5.48. The van der Waals surface area contributed by atoms with Crippen LogP contribution in [0.1, 0.15) is 47.2 Å². The summed E-state index contributed by atoms with van der Waals surface area (Å²) in [6.45, 7) is 4.65. The van der Waals surface area contributed by atoms with E-state index in [0.29, 0.717) is 17.5 Å². The second kappa shape index (κ2) is 12.6. The number of rotatable bonds is 4. The van der Waals surface area contributed by atoms with Crippen molar-refractivity contribution < 1.29 is 0 Å². The first-order valence-corrected chi connectivity index (χ1v) is 21.8. The van der Waals surface area contributed by atoms with Crippen LogP contribution in [0.4, 0.5) is 0 Å². The van der Waals surface area contributed by atoms with Gasteiger partial charge in [-0.15, -0.1) is 11.3 Å². The molecule has 10 aromatic rings. The van der Waals surface area contributed by atoms with E-state index in [4.69, 9.17) is 15.0 Å². The van der Waals surface area contributed by atoms with Crippen LogP contribution in [0.2, 0.25) is 0 Å². The van der Waals surface area contributed by atoms with E-state index in [2.05, 4.69) is 202 Å². The highest BCUT2D eigenvalue weighted by Crippen LogP contribution is 2.67. The number of fused-ring (bicyclic) bond motifs is 15. The van der Waals surface area contributed by atoms with Crippen molar-refractivity contribution in [1.82, 2.24) is 15.0 Å². The van der Waals surface area contributed by atoms with Gasteiger partial charge >= 0.3 is 0 Å². The first kappa shape index (κ1) is 34.6. The quantitative estimate of drug-likeness (QED) is 0.178. The first-order chi connectivity index (χ1) is 30.0. The maximum Gasteiger partial charge on any atom is 0.164 e. The lowest BCUT2D eigenvalue weighted by Gasteiger charge is -2.30. The predicted octanol–water partition coefficient (Wildman–Crippen LogP) is 14.4. The summed E-state index contributed by atoms with van der Waals surface area (Å²) >= 11 is 1.88. The van der Waals surface area contributed by atoms with Gasteiger partial charge < -0.3 is 0 Å². The Morgan fingerprint density at radius 1 is 0.377 bits per heavy atom. The van der Waals surface area contributed by atoms with Gasteiger partial charge in [-0.3, -0.25) is 0 Å². The average molecular weight is 796 g/mol. The van der Waals surface area contributed by atoms with Gasteiger partial charge in [0.15, 0.2) is 17.5 Å². The van der Waals surface area contributed by atoms with Gasteiger partial charge in [-0.1, -0.05) is 190 Å². The summed E-state index contributed by atoms with van der Waals surface area (Å²) in [5.74, 6) is 1.99. The Hall–Kier alpha value is -7.27. The molecule has 0 aliphatic heterocycles. The van der Waals surface area contributed by atoms with Gasteiger partial charge in [-0.2, -0.15) is 0 Å². The summed E-state index contributed by atoms with van der Waals surface area (Å²) in [4.78, 5) is 17.5. The van der Waals surface area contributed by atoms with Crippen LogP contribution in [-0.2, 0) is 10.8 Å². The Bertz CT molecular complexity index is 3400. The number of aromatic nitrogens is 3. The molecule has 0 saturated heterocycles. The molecule has 3 aliphatic rings. The Balaban J connectivity index is 1.07. The summed E-state index contributed by atoms with van der Waals surface area (Å²) < 4.78 is 1.28. The lowest BCUT2D eigenvalue weighted by molar-refractivity contribution is 0.660. The molecular weight excluding hydrogens is 759 g/mol. The van der Waals surface area contributed by atoms with E-state index in [0.717, 1.165) is 22.3 Å². The van der Waals surface area contributed by atoms with E-state index in [9.17, 15) is 0 Å². The highest BCUT2D eigenvalue weighted by Gasteiger charge is 2.54. The molecule has 0 amide bonds. The molecule has 2 aromatic heterocycles. The molecule has 286 valence electrons. The Kier molecular flexibility index (Phi) is 7.16. The van der Waals surface area contributed by atoms with E-state index in [-0.39, 0.29) is 5.41 Å². The molecule has 61 heavy (non-hydrogen) atoms. The van der Waals surface area contributed by atoms with E-state index in [1.807, 2.05) is 11.3 Å². The fourth-order valence-corrected chi connectivity index (χ4v) is 12.2. The third kappa shape index (κ3) is 4.71. The molecular formula is C57H37N3S. The smallest absolute Gasteiger partial charge is 0.164 e. The SMILES string of the molecule is CC1(C)c2ccccc2-c2ccc(-c3nc(-c4ccc(-c5ccccc5)cc4)nc(-c4cccc5c4-c4sc6ccccc6c4C54c5ccccc5-c5ccccc54)n3)cc21. The molecule has 1 spiro atoms. The lowest BCUT2D eigenvalue weighted by Crippen LogP contribution is -2.25. The van der Waals surface area contributed by atoms with Crippen LogP contribution in [0.25, 0.3) is 88.1 Å². The van der Waals surface area contributed by atoms with Crippen LogP contribution >= 0.6 is 11.3 Å². The van der Waals surface area contributed by atoms with Gasteiger partial charge in [-0.25, -0.2) is 15.0 Å². The number of hydrogen-bond donors (Lipinski definition) is 0. The molecule has 0 N–H and O–H groups in total. The van der Waals surface area contributed by atoms with E-state index in [1.165, 1.54) is 81.7 Å². The minimum absolute atomic E-state index is 0.159. The third-order valence-electron chi connectivity index (χ3n) is 13.6. The van der Waals surface area contributed by atoms with Crippen molar-refractivity contribution in [1.29, 1.82) is 0 Å². The first-order valence-electron chi connectivity index (χ1n) is 21.0. The standard InChI is InChI=1S/C57H37N3S/c1-56(2)44-22-10-6-17-38(44)41-32-31-37(33-48(41)56)54-58-53(36-29-27-35(28-30-36)34-15-4-3-5-16-34)59-55(60-54)43-21-14-25-47-50(43)52-51(42-20-9-13-26-49(42)61-52)57(47)45-23-11-7-18-39(45)40-19-8-12-24-46(40)57/h3-33H,1-2H3. The zero-order valence-corrected chi connectivity index (χ0v) is 34.5. The number of hydrogen-bond acceptors (Lipinski definition) is 4. The average Bonchev–Trinajstić information content (AvgIpc) is 4.01. The molecule has 8 aromatic carbocycles. The largest absolute Gasteiger partial charge is 0.208 e. The van der Waals surface area contributed by atoms with Gasteiger partial charge in [0.25, 0.3) is 0 Å². The number of thiophene rings is 1. The zero-order chi connectivity index (χ0) is 40.5. The van der Waals surface area contributed by atoms with Gasteiger partial charge in [0.2, 0.25) is 0 Å². The van der Waals surface area contributed by atoms with Crippen LogP contribution in [0.3, 0.4) is 0 Å². The summed E-state index contributed by atoms with van der Waals surface area (Å²) in [5, 5.41) is 1.30. The van der Waals surface area contributed by atoms with Gasteiger partial charge in [0.05, 0.1) is 5.41 Å². The van der Waals surface area contributed by atoms with Crippen molar-refractivity contribution in [3.63, 3.8) is 0 Å². The normalized spacial score (nSPS) is 14.3. The molecule has 0 unspecified atom stereocenters. The van der Waals surface area contributed by atoms with Crippen molar-refractivity contribution in [2.24, 2.45) is 0 Å². The molecule has 4 heteroatoms. The topological polar surface area (TPSA) is 38.7 Å². The van der Waals surface area contributed by atoms with Crippen LogP contribution in [0.5, 0.6) is 0 Å². The fraction of sp³-hybridized carbons (Fsp3) is 0.0702. The summed E-state index contributed by atoms with van der Waals surface area (Å²) in [6.07, 6.45) is 0. The van der Waals surface area contributed by atoms with Crippen molar-refractivity contribution in [3.05, 3.63) is 221 Å². The zero-order valence-electron chi connectivity index (χ0n) is 33.6. The fourth-order valence-electron chi connectivity index (χ4n) is 10.9. The Labute approximate surface area is 358 Å². The van der Waals surface area contributed by atoms with Crippen molar-refractivity contribution in [2.75, 3.05) is 0 Å². The number of benzene rings is 8. The van der Waals surface area contributed by atoms with Crippen LogP contribution in [0.15, 0.2) is 188 Å². The molecule has 13 rings (SSSR count). The minimum atomic E-state index is -0.486. The van der Waals surface area contributed by atoms with Gasteiger partial charge in [-0.05, 0) is 84.3 Å². The van der Waals surface area contributed by atoms with Crippen LogP contribution < -0.4 is 0 Å². The van der Waals surface area contributed by atoms with Crippen LogP contribution in [-0.4, -0.2) is 15.0 Å². The monoisotopic (exact) mass is 795 g/mol. The third-order valence-corrected chi connectivity index (χ3v) is 14.8. The predicted molar refractivity (Wildman–Crippen MR) is 251 cm³/mol. The highest BCUT2D eigenvalue weighted by molar-refractivity contribution is 7.22. The minimum Gasteiger partial charge on any atom is -0.208 e. The Morgan fingerprint density at radius 3 is 1.62 bits per heavy atom. The van der Waals surface area contributed by atoms with Gasteiger partial charge in [0, 0.05) is 37.2 Å². The summed E-state index contributed by atoms with van der Waals surface area (Å²) in [6, 6.07) is 68.5. The summed E-state index contributed by atoms with van der Waals surface area (Å²) in [5.41, 5.74) is 18.9. The van der Waals surface area contributed by atoms with Crippen LogP contribution in [0, 0.1) is 0 Å². The van der Waals surface area contributed by atoms with Crippen molar-refractivity contribution >= 4 is 21.4 Å². The Morgan fingerprint density at radius 2 is 0.885 bits per heavy atom. The lowest BCUT2D eigenvalue weighted by atomic mass is 9.70. The summed E-state index contributed by atoms with van der Waals surface area (Å²) in [7, 11) is 0. The maximum atomic E-state index is 5.48. The molecule has 0 saturated carbocycles. The second-order valence-corrected chi connectivity index (χ2v) is 18.1.